The van der Waals surface area contributed by atoms with E-state index in [1.165, 1.54) is 0 Å². The van der Waals surface area contributed by atoms with Crippen LogP contribution in [0.2, 0.25) is 0 Å². The Morgan fingerprint density at radius 2 is 0.720 bits per heavy atom. The second kappa shape index (κ2) is 23.4. The smallest absolute Gasteiger partial charge is 0.308 e. The topological polar surface area (TPSA) is 216 Å². The maximum absolute atomic E-state index is 13.8. The first-order valence-electron chi connectivity index (χ1n) is 31.8. The molecule has 0 radical (unpaired) electrons. The van der Waals surface area contributed by atoms with Gasteiger partial charge in [-0.2, -0.15) is 0 Å². The molecule has 3 spiro atoms. The molecule has 12 heterocycles. The highest BCUT2D eigenvalue weighted by molar-refractivity contribution is 5.71. The largest absolute Gasteiger partial charge is 0.464 e. The number of carbonyl (C=O) groups is 3. The van der Waals surface area contributed by atoms with Crippen molar-refractivity contribution >= 4 is 17.9 Å². The van der Waals surface area contributed by atoms with Gasteiger partial charge in [0.25, 0.3) is 0 Å². The van der Waals surface area contributed by atoms with Crippen molar-refractivity contribution in [3.63, 3.8) is 0 Å². The molecule has 0 amide bonds. The number of fused-ring (bicyclic) bond motifs is 6. The Morgan fingerprint density at radius 1 is 0.415 bits per heavy atom. The van der Waals surface area contributed by atoms with Gasteiger partial charge in [-0.05, 0) is 132 Å². The number of nitrogens with zero attached hydrogens (tertiary/aromatic N) is 2. The average Bonchev–Trinajstić information content (AvgIpc) is 2.69. The third-order valence-corrected chi connectivity index (χ3v) is 23.1. The van der Waals surface area contributed by atoms with Gasteiger partial charge in [0.2, 0.25) is 17.4 Å². The van der Waals surface area contributed by atoms with E-state index < -0.39 is 71.3 Å². The van der Waals surface area contributed by atoms with Gasteiger partial charge in [0.1, 0.15) is 19.8 Å². The molecular weight excluding hydrogens is 1060 g/mol. The van der Waals surface area contributed by atoms with Crippen LogP contribution in [0, 0.1) is 71.0 Å². The summed E-state index contributed by atoms with van der Waals surface area (Å²) in [6, 6.07) is 0. The minimum Gasteiger partial charge on any atom is -0.464 e. The van der Waals surface area contributed by atoms with Crippen LogP contribution in [0.5, 0.6) is 0 Å². The molecular formula is C61H96N2O19. The molecule has 0 aromatic rings. The van der Waals surface area contributed by atoms with Crippen molar-refractivity contribution in [1.82, 2.24) is 9.80 Å². The van der Waals surface area contributed by atoms with Gasteiger partial charge in [-0.15, -0.1) is 0 Å². The number of aliphatic hydroxyl groups is 1. The molecule has 3 aliphatic carbocycles. The number of aliphatic hydroxyl groups excluding tert-OH is 1. The summed E-state index contributed by atoms with van der Waals surface area (Å²) in [7, 11) is 0. The lowest BCUT2D eigenvalue weighted by Crippen LogP contribution is -2.70. The normalized spacial score (nSPS) is 48.7. The van der Waals surface area contributed by atoms with Crippen molar-refractivity contribution in [3.05, 3.63) is 0 Å². The Morgan fingerprint density at radius 3 is 1.02 bits per heavy atom. The maximum Gasteiger partial charge on any atom is 0.308 e. The van der Waals surface area contributed by atoms with Gasteiger partial charge >= 0.3 is 17.9 Å². The lowest BCUT2D eigenvalue weighted by Gasteiger charge is -2.60. The molecule has 15 aliphatic rings. The van der Waals surface area contributed by atoms with Crippen LogP contribution in [0.15, 0.2) is 0 Å². The minimum absolute atomic E-state index is 0.00468. The summed E-state index contributed by atoms with van der Waals surface area (Å²) < 4.78 is 57.5. The van der Waals surface area contributed by atoms with Gasteiger partial charge in [-0.25, -0.2) is 29.3 Å². The third kappa shape index (κ3) is 10.7. The second-order valence-corrected chi connectivity index (χ2v) is 28.0. The molecule has 6 bridgehead atoms. The standard InChI is InChI=1S/C61H96N2O19/c1-35-10-13-44-38(4)47(71-53-59(44)41(35)16-19-56(7,74-53)77-80-59)32-50(65)68-29-25-62(24-28-64)22-23-63(26-30-69-51(66)33-48-39(5)45-14-11-36(2)42-17-20-57(8)75-54(72-48)60(42,45)81-78-57)27-31-70-52(67)34-49-40(6)46-15-12-37(3)43-18-21-58(9)76-55(73-49)61(43,46)82-79-58/h35-49,53-55,64H,10-34H2,1-9H3/t35-,36-,37-,38-,39-,40-,41+,42+,43+,44+,45+,46+,47?,48?,49?,53-,54-,55-,56?,57?,58?,59-,60-,61-/m1/s1. The molecule has 15 fully saturated rings. The van der Waals surface area contributed by atoms with E-state index in [-0.39, 0.29) is 117 Å². The van der Waals surface area contributed by atoms with Crippen molar-refractivity contribution in [2.24, 2.45) is 71.0 Å². The fourth-order valence-corrected chi connectivity index (χ4v) is 18.3. The molecule has 21 nitrogen and oxygen atoms in total. The van der Waals surface area contributed by atoms with E-state index in [2.05, 4.69) is 46.4 Å². The molecule has 1 N–H and O–H groups in total. The first kappa shape index (κ1) is 60.1. The van der Waals surface area contributed by atoms with Crippen LogP contribution in [-0.2, 0) is 86.3 Å². The van der Waals surface area contributed by atoms with Crippen molar-refractivity contribution < 1.29 is 91.4 Å². The van der Waals surface area contributed by atoms with E-state index in [9.17, 15) is 19.5 Å². The molecule has 24 atom stereocenters. The van der Waals surface area contributed by atoms with Crippen LogP contribution in [0.3, 0.4) is 0 Å². The molecule has 12 saturated heterocycles. The van der Waals surface area contributed by atoms with E-state index >= 15 is 0 Å². The number of carbonyl (C=O) groups excluding carboxylic acids is 3. The highest BCUT2D eigenvalue weighted by atomic mass is 17.3. The molecule has 3 saturated carbocycles. The molecule has 6 unspecified atom stereocenters. The fraction of sp³-hybridized carbons (Fsp3) is 0.951. The predicted octanol–water partition coefficient (Wildman–Crippen LogP) is 7.13. The number of rotatable bonds is 20. The zero-order chi connectivity index (χ0) is 57.6. The molecule has 21 heteroatoms. The van der Waals surface area contributed by atoms with Crippen molar-refractivity contribution in [1.29, 1.82) is 0 Å². The molecule has 82 heavy (non-hydrogen) atoms. The summed E-state index contributed by atoms with van der Waals surface area (Å²) >= 11 is 0. The minimum atomic E-state index is -0.920. The Balaban J connectivity index is 0.659. The maximum atomic E-state index is 13.8. The van der Waals surface area contributed by atoms with Crippen molar-refractivity contribution in [2.45, 2.75) is 230 Å². The summed E-state index contributed by atoms with van der Waals surface area (Å²) in [5.41, 5.74) is -2.16. The Hall–Kier alpha value is -2.19. The summed E-state index contributed by atoms with van der Waals surface area (Å²) in [5, 5.41) is 10.2. The highest BCUT2D eigenvalue weighted by Gasteiger charge is 2.72. The molecule has 0 aromatic carbocycles. The van der Waals surface area contributed by atoms with Gasteiger partial charge in [0.15, 0.2) is 35.7 Å². The van der Waals surface area contributed by atoms with E-state index in [0.29, 0.717) is 76.3 Å². The van der Waals surface area contributed by atoms with Gasteiger partial charge in [0.05, 0.1) is 44.2 Å². The van der Waals surface area contributed by atoms with Crippen LogP contribution in [0.1, 0.15) is 159 Å². The molecule has 12 aliphatic heterocycles. The quantitative estimate of drug-likeness (QED) is 0.0728. The van der Waals surface area contributed by atoms with Gasteiger partial charge < -0.3 is 47.7 Å². The van der Waals surface area contributed by atoms with Gasteiger partial charge in [-0.3, -0.25) is 24.2 Å². The van der Waals surface area contributed by atoms with Crippen LogP contribution < -0.4 is 0 Å². The second-order valence-electron chi connectivity index (χ2n) is 28.0. The first-order chi connectivity index (χ1) is 39.2. The summed E-state index contributed by atoms with van der Waals surface area (Å²) in [6.45, 7) is 21.5. The number of esters is 3. The lowest BCUT2D eigenvalue weighted by atomic mass is 9.57. The molecule has 15 rings (SSSR count). The van der Waals surface area contributed by atoms with Gasteiger partial charge in [-0.1, -0.05) is 41.5 Å². The van der Waals surface area contributed by atoms with Crippen LogP contribution in [0.25, 0.3) is 0 Å². The zero-order valence-electron chi connectivity index (χ0n) is 50.3. The fourth-order valence-electron chi connectivity index (χ4n) is 18.3. The van der Waals surface area contributed by atoms with E-state index in [4.69, 9.17) is 72.0 Å². The van der Waals surface area contributed by atoms with E-state index in [0.717, 1.165) is 57.8 Å². The Labute approximate surface area is 484 Å². The SMILES string of the molecule is C[C@@H]1CC[C@H]2[C@@H](C)C(CC(=O)OCCN(CCO)CCN(CCOC(=O)CC3O[C@@H]4OC5(C)CC[C@H]6[C@H](C)CC[C@@H]([C@H]3C)[C@@]46OO5)CCOC(=O)CC3O[C@@H]4OC5(C)CC[C@H]6[C@H](C)CC[C@@H]([C@H]3C)[C@@]46OO5)O[C@@H]3OC4(C)CC[C@@H]1[C@]32OO4. The number of hydrogen-bond donors (Lipinski definition) is 1. The van der Waals surface area contributed by atoms with Crippen LogP contribution >= 0.6 is 0 Å². The lowest BCUT2D eigenvalue weighted by molar-refractivity contribution is -0.571. The summed E-state index contributed by atoms with van der Waals surface area (Å²) in [6.07, 6.45) is 7.81. The third-order valence-electron chi connectivity index (χ3n) is 23.1. The molecule has 464 valence electrons. The van der Waals surface area contributed by atoms with E-state index in [1.54, 1.807) is 0 Å². The van der Waals surface area contributed by atoms with Crippen molar-refractivity contribution in [2.75, 3.05) is 65.7 Å². The van der Waals surface area contributed by atoms with Crippen LogP contribution in [-0.4, -0.2) is 170 Å². The average molecular weight is 1160 g/mol. The summed E-state index contributed by atoms with van der Waals surface area (Å²) in [4.78, 5) is 82.3. The number of ether oxygens (including phenoxy) is 9. The molecule has 0 aromatic heterocycles. The van der Waals surface area contributed by atoms with Crippen LogP contribution in [0.4, 0.5) is 0 Å². The predicted molar refractivity (Wildman–Crippen MR) is 287 cm³/mol. The van der Waals surface area contributed by atoms with Gasteiger partial charge in [0, 0.05) is 76.3 Å². The zero-order valence-corrected chi connectivity index (χ0v) is 50.3. The summed E-state index contributed by atoms with van der Waals surface area (Å²) in [5.74, 6) is -1.66. The van der Waals surface area contributed by atoms with E-state index in [1.807, 2.05) is 25.7 Å². The first-order valence-corrected chi connectivity index (χ1v) is 31.8. The number of hydrogen-bond acceptors (Lipinski definition) is 21. The Bertz CT molecular complexity index is 2210. The monoisotopic (exact) mass is 1160 g/mol. The van der Waals surface area contributed by atoms with Crippen molar-refractivity contribution in [3.8, 4) is 0 Å². The highest BCUT2D eigenvalue weighted by Crippen LogP contribution is 2.64. The Kier molecular flexibility index (Phi) is 17.2.